The highest BCUT2D eigenvalue weighted by Gasteiger charge is 2.30. The highest BCUT2D eigenvalue weighted by Crippen LogP contribution is 2.29. The molecule has 1 fully saturated rings. The number of amides is 1. The van der Waals surface area contributed by atoms with Gasteiger partial charge in [-0.15, -0.1) is 0 Å². The van der Waals surface area contributed by atoms with Crippen LogP contribution in [0.3, 0.4) is 0 Å². The standard InChI is InChI=1S/C14H20N2O2/c15-14(18)13(10-4-2-1-3-5-10)11-8-12(17)6-7-16-9-11/h1-5,11-13,16-17H,6-9H2,(H2,15,18). The summed E-state index contributed by atoms with van der Waals surface area (Å²) in [6, 6.07) is 9.58. The van der Waals surface area contributed by atoms with Crippen molar-refractivity contribution in [2.24, 2.45) is 11.7 Å². The number of nitrogens with one attached hydrogen (secondary N) is 1. The first kappa shape index (κ1) is 13.1. The van der Waals surface area contributed by atoms with E-state index in [1.54, 1.807) is 0 Å². The minimum absolute atomic E-state index is 0.0578. The average Bonchev–Trinajstić information content (AvgIpc) is 2.55. The highest BCUT2D eigenvalue weighted by atomic mass is 16.3. The minimum atomic E-state index is -0.351. The fourth-order valence-electron chi connectivity index (χ4n) is 2.69. The van der Waals surface area contributed by atoms with Gasteiger partial charge in [-0.05, 0) is 37.4 Å². The van der Waals surface area contributed by atoms with Crippen LogP contribution in [0.25, 0.3) is 0 Å². The monoisotopic (exact) mass is 248 g/mol. The molecule has 4 nitrogen and oxygen atoms in total. The van der Waals surface area contributed by atoms with Crippen molar-refractivity contribution in [2.45, 2.75) is 24.9 Å². The fourth-order valence-corrected chi connectivity index (χ4v) is 2.69. The van der Waals surface area contributed by atoms with Gasteiger partial charge in [0.1, 0.15) is 0 Å². The zero-order valence-electron chi connectivity index (χ0n) is 10.4. The molecule has 0 bridgehead atoms. The lowest BCUT2D eigenvalue weighted by atomic mass is 9.82. The number of primary amides is 1. The molecule has 1 amide bonds. The van der Waals surface area contributed by atoms with Gasteiger partial charge in [0.15, 0.2) is 0 Å². The Hall–Kier alpha value is -1.39. The van der Waals surface area contributed by atoms with E-state index in [9.17, 15) is 9.90 Å². The van der Waals surface area contributed by atoms with E-state index >= 15 is 0 Å². The maximum atomic E-state index is 11.7. The molecule has 18 heavy (non-hydrogen) atoms. The Kier molecular flexibility index (Phi) is 4.33. The molecular formula is C14H20N2O2. The molecular weight excluding hydrogens is 228 g/mol. The highest BCUT2D eigenvalue weighted by molar-refractivity contribution is 5.82. The van der Waals surface area contributed by atoms with E-state index in [0.717, 1.165) is 25.1 Å². The summed E-state index contributed by atoms with van der Waals surface area (Å²) < 4.78 is 0. The Morgan fingerprint density at radius 3 is 2.78 bits per heavy atom. The second-order valence-electron chi connectivity index (χ2n) is 4.93. The molecule has 1 saturated heterocycles. The Morgan fingerprint density at radius 1 is 1.39 bits per heavy atom. The number of hydrogen-bond acceptors (Lipinski definition) is 3. The van der Waals surface area contributed by atoms with Crippen LogP contribution in [-0.4, -0.2) is 30.2 Å². The van der Waals surface area contributed by atoms with Gasteiger partial charge in [-0.3, -0.25) is 4.79 Å². The summed E-state index contributed by atoms with van der Waals surface area (Å²) >= 11 is 0. The van der Waals surface area contributed by atoms with Gasteiger partial charge in [-0.25, -0.2) is 0 Å². The van der Waals surface area contributed by atoms with Crippen molar-refractivity contribution in [2.75, 3.05) is 13.1 Å². The first-order valence-corrected chi connectivity index (χ1v) is 6.41. The van der Waals surface area contributed by atoms with E-state index in [2.05, 4.69) is 5.32 Å². The SMILES string of the molecule is NC(=O)C(c1ccccc1)C1CNCCC(O)C1. The van der Waals surface area contributed by atoms with Gasteiger partial charge in [-0.2, -0.15) is 0 Å². The normalized spacial score (nSPS) is 26.3. The van der Waals surface area contributed by atoms with Crippen molar-refractivity contribution in [3.63, 3.8) is 0 Å². The van der Waals surface area contributed by atoms with Crippen LogP contribution in [0.15, 0.2) is 30.3 Å². The number of aliphatic hydroxyl groups is 1. The van der Waals surface area contributed by atoms with Crippen LogP contribution in [0.2, 0.25) is 0 Å². The van der Waals surface area contributed by atoms with Crippen LogP contribution >= 0.6 is 0 Å². The lowest BCUT2D eigenvalue weighted by molar-refractivity contribution is -0.120. The van der Waals surface area contributed by atoms with Crippen LogP contribution in [0.1, 0.15) is 24.3 Å². The molecule has 1 aliphatic rings. The zero-order chi connectivity index (χ0) is 13.0. The van der Waals surface area contributed by atoms with E-state index in [1.807, 2.05) is 30.3 Å². The smallest absolute Gasteiger partial charge is 0.225 e. The Morgan fingerprint density at radius 2 is 2.11 bits per heavy atom. The topological polar surface area (TPSA) is 75.4 Å². The first-order chi connectivity index (χ1) is 8.68. The van der Waals surface area contributed by atoms with Crippen molar-refractivity contribution in [3.05, 3.63) is 35.9 Å². The molecule has 1 heterocycles. The second kappa shape index (κ2) is 5.98. The molecule has 0 saturated carbocycles. The van der Waals surface area contributed by atoms with Crippen LogP contribution in [-0.2, 0) is 4.79 Å². The summed E-state index contributed by atoms with van der Waals surface area (Å²) in [5.74, 6) is -0.587. The van der Waals surface area contributed by atoms with Gasteiger partial charge in [-0.1, -0.05) is 30.3 Å². The second-order valence-corrected chi connectivity index (χ2v) is 4.93. The molecule has 1 aliphatic heterocycles. The first-order valence-electron chi connectivity index (χ1n) is 6.41. The average molecular weight is 248 g/mol. The van der Waals surface area contributed by atoms with Crippen LogP contribution in [0.5, 0.6) is 0 Å². The zero-order valence-corrected chi connectivity index (χ0v) is 10.4. The number of carbonyl (C=O) groups excluding carboxylic acids is 1. The van der Waals surface area contributed by atoms with E-state index in [4.69, 9.17) is 5.73 Å². The van der Waals surface area contributed by atoms with Gasteiger partial charge >= 0.3 is 0 Å². The molecule has 3 unspecified atom stereocenters. The molecule has 3 atom stereocenters. The van der Waals surface area contributed by atoms with Crippen molar-refractivity contribution in [1.82, 2.24) is 5.32 Å². The predicted molar refractivity (Wildman–Crippen MR) is 70.0 cm³/mol. The van der Waals surface area contributed by atoms with Crippen molar-refractivity contribution in [3.8, 4) is 0 Å². The molecule has 4 N–H and O–H groups in total. The fraction of sp³-hybridized carbons (Fsp3) is 0.500. The summed E-state index contributed by atoms with van der Waals surface area (Å²) in [6.45, 7) is 1.51. The van der Waals surface area contributed by atoms with Crippen molar-refractivity contribution in [1.29, 1.82) is 0 Å². The molecule has 2 rings (SSSR count). The van der Waals surface area contributed by atoms with E-state index in [-0.39, 0.29) is 23.8 Å². The van der Waals surface area contributed by atoms with Gasteiger partial charge in [0.2, 0.25) is 5.91 Å². The van der Waals surface area contributed by atoms with Crippen LogP contribution < -0.4 is 11.1 Å². The predicted octanol–water partition coefficient (Wildman–Crippen LogP) is 0.616. The summed E-state index contributed by atoms with van der Waals surface area (Å²) in [6.07, 6.45) is 1.00. The number of aliphatic hydroxyl groups excluding tert-OH is 1. The third-order valence-corrected chi connectivity index (χ3v) is 3.57. The maximum Gasteiger partial charge on any atom is 0.225 e. The van der Waals surface area contributed by atoms with E-state index < -0.39 is 0 Å². The van der Waals surface area contributed by atoms with E-state index in [0.29, 0.717) is 6.42 Å². The molecule has 0 aliphatic carbocycles. The molecule has 1 aromatic rings. The summed E-state index contributed by atoms with van der Waals surface area (Å²) in [4.78, 5) is 11.7. The molecule has 0 spiro atoms. The Balaban J connectivity index is 2.22. The third-order valence-electron chi connectivity index (χ3n) is 3.57. The Labute approximate surface area is 107 Å². The molecule has 1 aromatic carbocycles. The van der Waals surface area contributed by atoms with E-state index in [1.165, 1.54) is 0 Å². The number of benzene rings is 1. The van der Waals surface area contributed by atoms with Gasteiger partial charge in [0.25, 0.3) is 0 Å². The molecule has 0 radical (unpaired) electrons. The van der Waals surface area contributed by atoms with Crippen LogP contribution in [0, 0.1) is 5.92 Å². The van der Waals surface area contributed by atoms with Crippen LogP contribution in [0.4, 0.5) is 0 Å². The van der Waals surface area contributed by atoms with Gasteiger partial charge in [0, 0.05) is 0 Å². The van der Waals surface area contributed by atoms with Gasteiger partial charge < -0.3 is 16.2 Å². The lowest BCUT2D eigenvalue weighted by Gasteiger charge is -2.24. The lowest BCUT2D eigenvalue weighted by Crippen LogP contribution is -2.34. The molecule has 0 aromatic heterocycles. The van der Waals surface area contributed by atoms with Gasteiger partial charge in [0.05, 0.1) is 12.0 Å². The largest absolute Gasteiger partial charge is 0.393 e. The maximum absolute atomic E-state index is 11.7. The van der Waals surface area contributed by atoms with Crippen molar-refractivity contribution < 1.29 is 9.90 Å². The summed E-state index contributed by atoms with van der Waals surface area (Å²) in [5.41, 5.74) is 6.48. The summed E-state index contributed by atoms with van der Waals surface area (Å²) in [5, 5.41) is 13.1. The minimum Gasteiger partial charge on any atom is -0.393 e. The molecule has 4 heteroatoms. The Bertz CT molecular complexity index is 394. The quantitative estimate of drug-likeness (QED) is 0.734. The number of rotatable bonds is 3. The number of hydrogen-bond donors (Lipinski definition) is 3. The summed E-state index contributed by atoms with van der Waals surface area (Å²) in [7, 11) is 0. The van der Waals surface area contributed by atoms with Crippen molar-refractivity contribution >= 4 is 5.91 Å². The number of nitrogens with two attached hydrogens (primary N) is 1. The molecule has 98 valence electrons. The third kappa shape index (κ3) is 3.09. The number of carbonyl (C=O) groups is 1.